The molecule has 11 nitrogen and oxygen atoms in total. The molecular formula is C50H82NO10P. The van der Waals surface area contributed by atoms with Gasteiger partial charge in [-0.25, -0.2) is 0 Å². The molecule has 62 heavy (non-hydrogen) atoms. The third-order valence-corrected chi connectivity index (χ3v) is 9.93. The van der Waals surface area contributed by atoms with E-state index in [1.807, 2.05) is 39.4 Å². The van der Waals surface area contributed by atoms with Gasteiger partial charge >= 0.3 is 11.9 Å². The lowest BCUT2D eigenvalue weighted by Gasteiger charge is -2.28. The predicted molar refractivity (Wildman–Crippen MR) is 252 cm³/mol. The number of phosphoric acid groups is 1. The van der Waals surface area contributed by atoms with Gasteiger partial charge in [0.1, 0.15) is 19.8 Å². The lowest BCUT2D eigenvalue weighted by Crippen LogP contribution is -2.37. The van der Waals surface area contributed by atoms with E-state index in [1.54, 1.807) is 36.5 Å². The van der Waals surface area contributed by atoms with Crippen LogP contribution in [-0.2, 0) is 32.7 Å². The Hall–Kier alpha value is -3.41. The number of hydrogen-bond acceptors (Lipinski definition) is 10. The molecule has 0 heterocycles. The number of phosphoric ester groups is 1. The highest BCUT2D eigenvalue weighted by Gasteiger charge is 2.21. The van der Waals surface area contributed by atoms with E-state index in [-0.39, 0.29) is 19.4 Å². The smallest absolute Gasteiger partial charge is 0.306 e. The first kappa shape index (κ1) is 58.6. The number of aliphatic hydroxyl groups is 2. The predicted octanol–water partition coefficient (Wildman–Crippen LogP) is 10.4. The summed E-state index contributed by atoms with van der Waals surface area (Å²) in [5.41, 5.74) is 0. The van der Waals surface area contributed by atoms with Crippen molar-refractivity contribution in [3.8, 4) is 0 Å². The number of esters is 2. The molecule has 0 saturated carbocycles. The number of unbranched alkanes of at least 4 members (excludes halogenated alkanes) is 6. The lowest BCUT2D eigenvalue weighted by atomic mass is 10.1. The van der Waals surface area contributed by atoms with Gasteiger partial charge in [0.25, 0.3) is 7.82 Å². The Morgan fingerprint density at radius 3 is 1.68 bits per heavy atom. The van der Waals surface area contributed by atoms with Crippen molar-refractivity contribution in [2.75, 3.05) is 47.5 Å². The third-order valence-electron chi connectivity index (χ3n) is 8.97. The Balaban J connectivity index is 4.74. The number of rotatable bonds is 39. The highest BCUT2D eigenvalue weighted by atomic mass is 31.2. The molecule has 0 aliphatic heterocycles. The molecule has 2 N–H and O–H groups in total. The summed E-state index contributed by atoms with van der Waals surface area (Å²) in [5.74, 6) is -1.18. The maximum absolute atomic E-state index is 12.7. The van der Waals surface area contributed by atoms with Crippen molar-refractivity contribution < 1.29 is 52.3 Å². The van der Waals surface area contributed by atoms with Crippen molar-refractivity contribution in [2.24, 2.45) is 0 Å². The van der Waals surface area contributed by atoms with Crippen molar-refractivity contribution in [2.45, 2.75) is 148 Å². The molecule has 1 unspecified atom stereocenters. The summed E-state index contributed by atoms with van der Waals surface area (Å²) in [6.45, 7) is 3.73. The van der Waals surface area contributed by atoms with E-state index in [0.717, 1.165) is 44.9 Å². The van der Waals surface area contributed by atoms with Crippen molar-refractivity contribution >= 4 is 19.8 Å². The minimum atomic E-state index is -4.71. The molecule has 0 bridgehead atoms. The molecule has 352 valence electrons. The molecule has 12 heteroatoms. The van der Waals surface area contributed by atoms with Crippen LogP contribution in [0.3, 0.4) is 0 Å². The number of nitrogens with zero attached hydrogens (tertiary/aromatic N) is 1. The van der Waals surface area contributed by atoms with Gasteiger partial charge in [-0.05, 0) is 77.0 Å². The van der Waals surface area contributed by atoms with E-state index in [0.29, 0.717) is 36.7 Å². The quantitative estimate of drug-likeness (QED) is 0.0152. The first-order valence-corrected chi connectivity index (χ1v) is 24.3. The molecule has 0 aliphatic rings. The topological polar surface area (TPSA) is 152 Å². The number of hydrogen-bond donors (Lipinski definition) is 2. The van der Waals surface area contributed by atoms with Crippen LogP contribution in [0.2, 0.25) is 0 Å². The van der Waals surface area contributed by atoms with Gasteiger partial charge in [0.15, 0.2) is 6.10 Å². The second-order valence-electron chi connectivity index (χ2n) is 16.1. The normalized spacial score (nSPS) is 15.5. The first-order chi connectivity index (χ1) is 29.8. The number of allylic oxidation sites excluding steroid dienone is 15. The molecule has 0 fully saturated rings. The SMILES string of the molecule is CCCCC/C=C\C/C=C\C/C=C\C/C=C\C/C=C\CCC(=O)O[C@H](COC(=O)CCC[C@H](O)\C=C/C=C/C=C/[C@H](O)C/C=C\CCCCC)COP(=O)([O-])OCC[N+](C)(C)C. The average molecular weight is 888 g/mol. The van der Waals surface area contributed by atoms with Crippen molar-refractivity contribution in [1.82, 2.24) is 0 Å². The van der Waals surface area contributed by atoms with E-state index in [2.05, 4.69) is 68.5 Å². The van der Waals surface area contributed by atoms with Gasteiger partial charge < -0.3 is 38.1 Å². The number of carbonyl (C=O) groups is 2. The van der Waals surface area contributed by atoms with E-state index >= 15 is 0 Å². The standard InChI is InChI=1S/C50H82NO10P/c1-6-8-10-12-14-15-16-17-18-19-20-21-22-23-24-25-26-28-34-40-50(55)61-48(45-60-62(56,57)59-43-42-51(3,4)5)44-58-49(54)41-35-39-47(53)38-33-30-29-32-37-46(52)36-31-27-13-11-9-7-2/h14-15,17-18,20-21,23-24,26-33,37-38,46-48,52-53H,6-13,16,19,22,25,34-36,39-45H2,1-5H3/b15-14-,18-17-,21-20-,24-23-,28-26-,30-29+,31-27-,37-32+,38-33-/t46-,47-,48-/m1/s1. The summed E-state index contributed by atoms with van der Waals surface area (Å²) in [6.07, 6.45) is 47.6. The Labute approximate surface area is 375 Å². The van der Waals surface area contributed by atoms with Crippen LogP contribution in [0.4, 0.5) is 0 Å². The van der Waals surface area contributed by atoms with E-state index < -0.39 is 51.3 Å². The number of quaternary nitrogens is 1. The van der Waals surface area contributed by atoms with Crippen molar-refractivity contribution in [3.63, 3.8) is 0 Å². The van der Waals surface area contributed by atoms with Gasteiger partial charge in [0.2, 0.25) is 0 Å². The van der Waals surface area contributed by atoms with E-state index in [4.69, 9.17) is 18.5 Å². The molecule has 0 radical (unpaired) electrons. The van der Waals surface area contributed by atoms with Crippen LogP contribution in [0.1, 0.15) is 129 Å². The number of carbonyl (C=O) groups excluding carboxylic acids is 2. The Bertz CT molecular complexity index is 1450. The monoisotopic (exact) mass is 888 g/mol. The minimum Gasteiger partial charge on any atom is -0.756 e. The highest BCUT2D eigenvalue weighted by Crippen LogP contribution is 2.38. The molecular weight excluding hydrogens is 806 g/mol. The number of aliphatic hydroxyl groups excluding tert-OH is 2. The summed E-state index contributed by atoms with van der Waals surface area (Å²) in [4.78, 5) is 37.6. The Kier molecular flexibility index (Phi) is 38.1. The zero-order chi connectivity index (χ0) is 46.0. The lowest BCUT2D eigenvalue weighted by molar-refractivity contribution is -0.870. The number of ether oxygens (including phenoxy) is 2. The summed E-state index contributed by atoms with van der Waals surface area (Å²) in [7, 11) is 0.964. The van der Waals surface area contributed by atoms with Gasteiger partial charge in [-0.2, -0.15) is 0 Å². The van der Waals surface area contributed by atoms with Crippen LogP contribution in [0, 0.1) is 0 Å². The molecule has 0 aromatic rings. The zero-order valence-corrected chi connectivity index (χ0v) is 39.6. The Morgan fingerprint density at radius 2 is 1.13 bits per heavy atom. The van der Waals surface area contributed by atoms with Gasteiger partial charge in [0, 0.05) is 12.8 Å². The summed E-state index contributed by atoms with van der Waals surface area (Å²) >= 11 is 0. The largest absolute Gasteiger partial charge is 0.756 e. The van der Waals surface area contributed by atoms with Gasteiger partial charge in [-0.1, -0.05) is 149 Å². The van der Waals surface area contributed by atoms with Crippen LogP contribution in [0.5, 0.6) is 0 Å². The second kappa shape index (κ2) is 40.4. The van der Waals surface area contributed by atoms with Crippen LogP contribution < -0.4 is 4.89 Å². The average Bonchev–Trinajstić information content (AvgIpc) is 3.21. The summed E-state index contributed by atoms with van der Waals surface area (Å²) < 4.78 is 33.6. The third kappa shape index (κ3) is 43.2. The molecule has 0 aromatic carbocycles. The van der Waals surface area contributed by atoms with Crippen LogP contribution in [-0.4, -0.2) is 92.5 Å². The first-order valence-electron chi connectivity index (χ1n) is 22.8. The van der Waals surface area contributed by atoms with Gasteiger partial charge in [-0.15, -0.1) is 0 Å². The second-order valence-corrected chi connectivity index (χ2v) is 17.5. The fourth-order valence-corrected chi connectivity index (χ4v) is 6.03. The van der Waals surface area contributed by atoms with Crippen LogP contribution in [0.15, 0.2) is 109 Å². The summed E-state index contributed by atoms with van der Waals surface area (Å²) in [5, 5.41) is 20.3. The van der Waals surface area contributed by atoms with E-state index in [1.165, 1.54) is 32.1 Å². The van der Waals surface area contributed by atoms with E-state index in [9.17, 15) is 29.3 Å². The molecule has 0 amide bonds. The van der Waals surface area contributed by atoms with Crippen molar-refractivity contribution in [3.05, 3.63) is 109 Å². The Morgan fingerprint density at radius 1 is 0.613 bits per heavy atom. The number of likely N-dealkylation sites (N-methyl/N-ethyl adjacent to an activating group) is 1. The molecule has 0 rings (SSSR count). The van der Waals surface area contributed by atoms with Gasteiger partial charge in [0.05, 0.1) is 40.0 Å². The van der Waals surface area contributed by atoms with Crippen LogP contribution in [0.25, 0.3) is 0 Å². The minimum absolute atomic E-state index is 0.00557. The molecule has 0 spiro atoms. The van der Waals surface area contributed by atoms with Gasteiger partial charge in [-0.3, -0.25) is 14.2 Å². The molecule has 0 saturated heterocycles. The zero-order valence-electron chi connectivity index (χ0n) is 38.7. The fourth-order valence-electron chi connectivity index (χ4n) is 5.30. The molecule has 4 atom stereocenters. The molecule has 0 aromatic heterocycles. The highest BCUT2D eigenvalue weighted by molar-refractivity contribution is 7.45. The van der Waals surface area contributed by atoms with Crippen molar-refractivity contribution in [1.29, 1.82) is 0 Å². The maximum atomic E-state index is 12.7. The fraction of sp³-hybridized carbons (Fsp3) is 0.600. The maximum Gasteiger partial charge on any atom is 0.306 e. The summed E-state index contributed by atoms with van der Waals surface area (Å²) in [6, 6.07) is 0. The molecule has 0 aliphatic carbocycles. The van der Waals surface area contributed by atoms with Crippen LogP contribution >= 0.6 is 7.82 Å².